The van der Waals surface area contributed by atoms with Crippen LogP contribution in [0.1, 0.15) is 16.8 Å². The molecule has 5 heteroatoms. The molecule has 0 saturated heterocycles. The van der Waals surface area contributed by atoms with Gasteiger partial charge in [0, 0.05) is 16.8 Å². The fourth-order valence-corrected chi connectivity index (χ4v) is 4.10. The zero-order chi connectivity index (χ0) is 15.7. The summed E-state index contributed by atoms with van der Waals surface area (Å²) in [7, 11) is 0. The minimum atomic E-state index is 0.618. The molecule has 0 bridgehead atoms. The number of nitrogens with zero attached hydrogens (tertiary/aromatic N) is 1. The van der Waals surface area contributed by atoms with Gasteiger partial charge in [0.25, 0.3) is 0 Å². The van der Waals surface area contributed by atoms with Crippen molar-refractivity contribution in [2.45, 2.75) is 20.3 Å². The van der Waals surface area contributed by atoms with E-state index in [0.29, 0.717) is 6.42 Å². The molecule has 0 aliphatic carbocycles. The highest BCUT2D eigenvalue weighted by Gasteiger charge is 2.12. The Morgan fingerprint density at radius 3 is 2.82 bits per heavy atom. The van der Waals surface area contributed by atoms with Crippen molar-refractivity contribution in [3.05, 3.63) is 57.6 Å². The maximum absolute atomic E-state index is 6.38. The molecule has 0 aliphatic rings. The Morgan fingerprint density at radius 1 is 1.27 bits per heavy atom. The summed E-state index contributed by atoms with van der Waals surface area (Å²) in [6.07, 6.45) is 0.618. The fourth-order valence-electron chi connectivity index (χ4n) is 2.49. The monoisotopic (exact) mass is 346 g/mol. The molecule has 0 aliphatic heterocycles. The SMILES string of the molecule is Cc1cc(C)nc(NC(=S)Cc2c(Cl)sc3ccccc23)c1. The Morgan fingerprint density at radius 2 is 2.05 bits per heavy atom. The van der Waals surface area contributed by atoms with Crippen LogP contribution in [0.3, 0.4) is 0 Å². The van der Waals surface area contributed by atoms with E-state index in [1.807, 2.05) is 38.1 Å². The van der Waals surface area contributed by atoms with E-state index in [-0.39, 0.29) is 0 Å². The molecule has 0 unspecified atom stereocenters. The smallest absolute Gasteiger partial charge is 0.131 e. The summed E-state index contributed by atoms with van der Waals surface area (Å²) in [5.74, 6) is 0.790. The molecule has 0 fully saturated rings. The van der Waals surface area contributed by atoms with Gasteiger partial charge in [0.1, 0.15) is 5.82 Å². The normalized spacial score (nSPS) is 10.9. The zero-order valence-corrected chi connectivity index (χ0v) is 14.7. The Bertz CT molecular complexity index is 835. The lowest BCUT2D eigenvalue weighted by Gasteiger charge is -2.09. The number of halogens is 1. The van der Waals surface area contributed by atoms with Crippen molar-refractivity contribution in [3.63, 3.8) is 0 Å². The molecule has 2 nitrogen and oxygen atoms in total. The highest BCUT2D eigenvalue weighted by atomic mass is 35.5. The van der Waals surface area contributed by atoms with E-state index in [1.54, 1.807) is 11.3 Å². The zero-order valence-electron chi connectivity index (χ0n) is 12.3. The molecule has 112 valence electrons. The van der Waals surface area contributed by atoms with Gasteiger partial charge in [-0.2, -0.15) is 0 Å². The van der Waals surface area contributed by atoms with Crippen LogP contribution in [0.15, 0.2) is 36.4 Å². The second kappa shape index (κ2) is 6.32. The Hall–Kier alpha value is -1.49. The van der Waals surface area contributed by atoms with E-state index < -0.39 is 0 Å². The lowest BCUT2D eigenvalue weighted by atomic mass is 10.1. The predicted octanol–water partition coefficient (Wildman–Crippen LogP) is 5.55. The molecule has 0 radical (unpaired) electrons. The van der Waals surface area contributed by atoms with Crippen LogP contribution in [0.2, 0.25) is 4.34 Å². The first kappa shape index (κ1) is 15.4. The van der Waals surface area contributed by atoms with E-state index in [9.17, 15) is 0 Å². The fraction of sp³-hybridized carbons (Fsp3) is 0.176. The summed E-state index contributed by atoms with van der Waals surface area (Å²) < 4.78 is 1.99. The van der Waals surface area contributed by atoms with E-state index in [2.05, 4.69) is 22.4 Å². The predicted molar refractivity (Wildman–Crippen MR) is 100 cm³/mol. The van der Waals surface area contributed by atoms with Crippen molar-refractivity contribution in [3.8, 4) is 0 Å². The first-order valence-electron chi connectivity index (χ1n) is 6.94. The van der Waals surface area contributed by atoms with Crippen molar-refractivity contribution < 1.29 is 0 Å². The van der Waals surface area contributed by atoms with Crippen LogP contribution in [-0.4, -0.2) is 9.97 Å². The molecule has 1 N–H and O–H groups in total. The minimum absolute atomic E-state index is 0.618. The summed E-state index contributed by atoms with van der Waals surface area (Å²) in [5, 5.41) is 4.40. The largest absolute Gasteiger partial charge is 0.334 e. The highest BCUT2D eigenvalue weighted by Crippen LogP contribution is 2.35. The lowest BCUT2D eigenvalue weighted by Crippen LogP contribution is -2.13. The van der Waals surface area contributed by atoms with Gasteiger partial charge in [-0.25, -0.2) is 4.98 Å². The van der Waals surface area contributed by atoms with E-state index in [0.717, 1.165) is 32.0 Å². The standard InChI is InChI=1S/C17H15ClN2S2/c1-10-7-11(2)19-15(8-10)20-16(21)9-13-12-5-3-4-6-14(12)22-17(13)18/h3-8H,9H2,1-2H3,(H,19,20,21). The summed E-state index contributed by atoms with van der Waals surface area (Å²) in [6, 6.07) is 12.2. The minimum Gasteiger partial charge on any atom is -0.334 e. The van der Waals surface area contributed by atoms with Crippen LogP contribution in [0.25, 0.3) is 10.1 Å². The van der Waals surface area contributed by atoms with Gasteiger partial charge >= 0.3 is 0 Å². The van der Waals surface area contributed by atoms with E-state index in [1.165, 1.54) is 10.1 Å². The van der Waals surface area contributed by atoms with Crippen molar-refractivity contribution in [1.82, 2.24) is 4.98 Å². The number of thiophene rings is 1. The number of pyridine rings is 1. The van der Waals surface area contributed by atoms with Gasteiger partial charge in [-0.1, -0.05) is 42.0 Å². The number of hydrogen-bond acceptors (Lipinski definition) is 3. The van der Waals surface area contributed by atoms with Gasteiger partial charge in [-0.3, -0.25) is 0 Å². The van der Waals surface area contributed by atoms with Gasteiger partial charge in [0.15, 0.2) is 0 Å². The molecule has 0 atom stereocenters. The molecular formula is C17H15ClN2S2. The second-order valence-corrected chi connectivity index (χ2v) is 7.39. The number of benzene rings is 1. The van der Waals surface area contributed by atoms with Gasteiger partial charge in [-0.05, 0) is 48.6 Å². The van der Waals surface area contributed by atoms with Gasteiger partial charge in [0.2, 0.25) is 0 Å². The molecular weight excluding hydrogens is 332 g/mol. The van der Waals surface area contributed by atoms with Crippen LogP contribution in [0.5, 0.6) is 0 Å². The number of anilines is 1. The Balaban J connectivity index is 1.82. The number of nitrogens with one attached hydrogen (secondary N) is 1. The molecule has 2 heterocycles. The van der Waals surface area contributed by atoms with Crippen molar-refractivity contribution in [2.24, 2.45) is 0 Å². The molecule has 2 aromatic heterocycles. The average molecular weight is 347 g/mol. The molecule has 0 spiro atoms. The topological polar surface area (TPSA) is 24.9 Å². The van der Waals surface area contributed by atoms with Crippen molar-refractivity contribution in [1.29, 1.82) is 0 Å². The number of aromatic nitrogens is 1. The lowest BCUT2D eigenvalue weighted by molar-refractivity contribution is 1.18. The van der Waals surface area contributed by atoms with Gasteiger partial charge in [-0.15, -0.1) is 11.3 Å². The first-order chi connectivity index (χ1) is 10.5. The van der Waals surface area contributed by atoms with Crippen molar-refractivity contribution >= 4 is 56.0 Å². The first-order valence-corrected chi connectivity index (χ1v) is 8.54. The maximum Gasteiger partial charge on any atom is 0.131 e. The number of thiocarbonyl (C=S) groups is 1. The van der Waals surface area contributed by atoms with Crippen LogP contribution >= 0.6 is 35.2 Å². The third-order valence-corrected chi connectivity index (χ3v) is 5.06. The van der Waals surface area contributed by atoms with Crippen LogP contribution in [0.4, 0.5) is 5.82 Å². The van der Waals surface area contributed by atoms with Crippen molar-refractivity contribution in [2.75, 3.05) is 5.32 Å². The summed E-state index contributed by atoms with van der Waals surface area (Å²) in [5.41, 5.74) is 3.23. The maximum atomic E-state index is 6.38. The molecule has 3 rings (SSSR count). The summed E-state index contributed by atoms with van der Waals surface area (Å²) >= 11 is 13.5. The highest BCUT2D eigenvalue weighted by molar-refractivity contribution is 7.80. The van der Waals surface area contributed by atoms with Gasteiger partial charge < -0.3 is 5.32 Å². The van der Waals surface area contributed by atoms with Crippen LogP contribution in [-0.2, 0) is 6.42 Å². The third-order valence-electron chi connectivity index (χ3n) is 3.35. The van der Waals surface area contributed by atoms with E-state index >= 15 is 0 Å². The summed E-state index contributed by atoms with van der Waals surface area (Å²) in [6.45, 7) is 4.02. The molecule has 3 aromatic rings. The quantitative estimate of drug-likeness (QED) is 0.629. The van der Waals surface area contributed by atoms with Crippen LogP contribution in [0, 0.1) is 13.8 Å². The average Bonchev–Trinajstić information content (AvgIpc) is 2.74. The summed E-state index contributed by atoms with van der Waals surface area (Å²) in [4.78, 5) is 5.18. The second-order valence-electron chi connectivity index (χ2n) is 5.25. The van der Waals surface area contributed by atoms with Gasteiger partial charge in [0.05, 0.1) is 9.32 Å². The number of aryl methyl sites for hydroxylation is 2. The molecule has 0 amide bonds. The number of fused-ring (bicyclic) bond motifs is 1. The number of rotatable bonds is 3. The molecule has 22 heavy (non-hydrogen) atoms. The Kier molecular flexibility index (Phi) is 4.43. The molecule has 0 saturated carbocycles. The van der Waals surface area contributed by atoms with E-state index in [4.69, 9.17) is 23.8 Å². The third kappa shape index (κ3) is 3.29. The number of hydrogen-bond donors (Lipinski definition) is 1. The Labute approximate surface area is 144 Å². The molecule has 1 aromatic carbocycles. The van der Waals surface area contributed by atoms with Crippen LogP contribution < -0.4 is 5.32 Å².